The summed E-state index contributed by atoms with van der Waals surface area (Å²) in [5, 5.41) is 6.56. The number of hydrogen-bond donors (Lipinski definition) is 2. The van der Waals surface area contributed by atoms with Gasteiger partial charge in [-0.05, 0) is 69.4 Å². The van der Waals surface area contributed by atoms with Crippen LogP contribution in [-0.2, 0) is 11.2 Å². The zero-order chi connectivity index (χ0) is 18.2. The molecule has 0 spiro atoms. The van der Waals surface area contributed by atoms with E-state index in [4.69, 9.17) is 0 Å². The molecule has 4 nitrogen and oxygen atoms in total. The predicted molar refractivity (Wildman–Crippen MR) is 105 cm³/mol. The van der Waals surface area contributed by atoms with E-state index in [2.05, 4.69) is 67.7 Å². The molecule has 1 amide bonds. The molecule has 1 aliphatic heterocycles. The van der Waals surface area contributed by atoms with Crippen LogP contribution in [0, 0.1) is 11.8 Å². The minimum atomic E-state index is 0.183. The minimum Gasteiger partial charge on any atom is -0.354 e. The Balaban J connectivity index is 1.85. The first-order valence-corrected chi connectivity index (χ1v) is 9.74. The molecule has 1 saturated heterocycles. The molecule has 1 aromatic rings. The number of carbonyl (C=O) groups is 1. The summed E-state index contributed by atoms with van der Waals surface area (Å²) >= 11 is 0. The second kappa shape index (κ2) is 9.93. The molecule has 1 heterocycles. The Morgan fingerprint density at radius 1 is 1.24 bits per heavy atom. The van der Waals surface area contributed by atoms with Gasteiger partial charge in [-0.3, -0.25) is 4.79 Å². The molecule has 1 fully saturated rings. The van der Waals surface area contributed by atoms with E-state index in [1.54, 1.807) is 0 Å². The van der Waals surface area contributed by atoms with Crippen LogP contribution in [0.1, 0.15) is 50.3 Å². The standard InChI is InChI=1S/C21H35N3O/c1-5-17-6-8-19(9-7-17)20(24(3)4)15-23-21(25)14-16(2)18-10-12-22-13-11-18/h6-9,16,18,20,22H,5,10-15H2,1-4H3,(H,23,25). The van der Waals surface area contributed by atoms with Gasteiger partial charge in [-0.15, -0.1) is 0 Å². The third kappa shape index (κ3) is 6.12. The van der Waals surface area contributed by atoms with Crippen molar-refractivity contribution in [1.82, 2.24) is 15.5 Å². The molecule has 0 saturated carbocycles. The van der Waals surface area contributed by atoms with Crippen LogP contribution in [0.25, 0.3) is 0 Å². The first-order chi connectivity index (χ1) is 12.0. The van der Waals surface area contributed by atoms with E-state index in [0.717, 1.165) is 19.5 Å². The van der Waals surface area contributed by atoms with E-state index < -0.39 is 0 Å². The van der Waals surface area contributed by atoms with Crippen molar-refractivity contribution in [2.24, 2.45) is 11.8 Å². The van der Waals surface area contributed by atoms with Crippen LogP contribution in [-0.4, -0.2) is 44.5 Å². The fraction of sp³-hybridized carbons (Fsp3) is 0.667. The summed E-state index contributed by atoms with van der Waals surface area (Å²) in [5.74, 6) is 1.32. The zero-order valence-electron chi connectivity index (χ0n) is 16.3. The van der Waals surface area contributed by atoms with Gasteiger partial charge < -0.3 is 15.5 Å². The number of nitrogens with zero attached hydrogens (tertiary/aromatic N) is 1. The van der Waals surface area contributed by atoms with Gasteiger partial charge >= 0.3 is 0 Å². The molecule has 1 aromatic carbocycles. The lowest BCUT2D eigenvalue weighted by atomic mass is 9.84. The third-order valence-corrected chi connectivity index (χ3v) is 5.58. The maximum Gasteiger partial charge on any atom is 0.220 e. The molecule has 25 heavy (non-hydrogen) atoms. The molecular formula is C21H35N3O. The SMILES string of the molecule is CCc1ccc(C(CNC(=O)CC(C)C2CCNCC2)N(C)C)cc1. The maximum atomic E-state index is 12.4. The van der Waals surface area contributed by atoms with Crippen LogP contribution < -0.4 is 10.6 Å². The van der Waals surface area contributed by atoms with Crippen LogP contribution in [0.2, 0.25) is 0 Å². The quantitative estimate of drug-likeness (QED) is 0.761. The van der Waals surface area contributed by atoms with Crippen LogP contribution in [0.15, 0.2) is 24.3 Å². The Morgan fingerprint density at radius 2 is 1.88 bits per heavy atom. The van der Waals surface area contributed by atoms with Crippen molar-refractivity contribution in [2.45, 2.75) is 45.6 Å². The zero-order valence-corrected chi connectivity index (χ0v) is 16.3. The summed E-state index contributed by atoms with van der Waals surface area (Å²) < 4.78 is 0. The third-order valence-electron chi connectivity index (χ3n) is 5.58. The Bertz CT molecular complexity index is 520. The average Bonchev–Trinajstić information content (AvgIpc) is 2.62. The fourth-order valence-electron chi connectivity index (χ4n) is 3.73. The predicted octanol–water partition coefficient (Wildman–Crippen LogP) is 2.99. The van der Waals surface area contributed by atoms with Crippen LogP contribution in [0.4, 0.5) is 0 Å². The lowest BCUT2D eigenvalue weighted by Crippen LogP contribution is -2.37. The summed E-state index contributed by atoms with van der Waals surface area (Å²) in [6.45, 7) is 7.24. The van der Waals surface area contributed by atoms with Gasteiger partial charge in [-0.1, -0.05) is 38.1 Å². The number of hydrogen-bond acceptors (Lipinski definition) is 3. The van der Waals surface area contributed by atoms with E-state index >= 15 is 0 Å². The highest BCUT2D eigenvalue weighted by Gasteiger charge is 2.22. The van der Waals surface area contributed by atoms with Crippen molar-refractivity contribution < 1.29 is 4.79 Å². The Morgan fingerprint density at radius 3 is 2.44 bits per heavy atom. The van der Waals surface area contributed by atoms with Gasteiger partial charge in [-0.25, -0.2) is 0 Å². The van der Waals surface area contributed by atoms with E-state index in [1.807, 2.05) is 0 Å². The molecule has 2 rings (SSSR count). The first-order valence-electron chi connectivity index (χ1n) is 9.74. The topological polar surface area (TPSA) is 44.4 Å². The van der Waals surface area contributed by atoms with Gasteiger partial charge in [0.05, 0.1) is 6.04 Å². The molecule has 0 aromatic heterocycles. The van der Waals surface area contributed by atoms with Crippen molar-refractivity contribution in [3.63, 3.8) is 0 Å². The molecule has 0 radical (unpaired) electrons. The van der Waals surface area contributed by atoms with Gasteiger partial charge in [0.1, 0.15) is 0 Å². The highest BCUT2D eigenvalue weighted by Crippen LogP contribution is 2.24. The number of carbonyl (C=O) groups excluding carboxylic acids is 1. The van der Waals surface area contributed by atoms with Gasteiger partial charge in [0.2, 0.25) is 5.91 Å². The summed E-state index contributed by atoms with van der Waals surface area (Å²) in [6.07, 6.45) is 4.08. The normalized spacial score (nSPS) is 18.1. The molecule has 0 bridgehead atoms. The molecule has 140 valence electrons. The van der Waals surface area contributed by atoms with E-state index in [9.17, 15) is 4.79 Å². The number of rotatable bonds is 8. The maximum absolute atomic E-state index is 12.4. The summed E-state index contributed by atoms with van der Waals surface area (Å²) in [5.41, 5.74) is 2.61. The van der Waals surface area contributed by atoms with Gasteiger partial charge in [0.15, 0.2) is 0 Å². The number of benzene rings is 1. The Hall–Kier alpha value is -1.39. The van der Waals surface area contributed by atoms with Gasteiger partial charge in [0.25, 0.3) is 0 Å². The fourth-order valence-corrected chi connectivity index (χ4v) is 3.73. The van der Waals surface area contributed by atoms with Crippen molar-refractivity contribution in [3.05, 3.63) is 35.4 Å². The van der Waals surface area contributed by atoms with Crippen LogP contribution in [0.5, 0.6) is 0 Å². The summed E-state index contributed by atoms with van der Waals surface area (Å²) in [6, 6.07) is 8.96. The molecule has 2 unspecified atom stereocenters. The highest BCUT2D eigenvalue weighted by molar-refractivity contribution is 5.76. The molecule has 4 heteroatoms. The van der Waals surface area contributed by atoms with Crippen molar-refractivity contribution >= 4 is 5.91 Å². The van der Waals surface area contributed by atoms with Crippen molar-refractivity contribution in [2.75, 3.05) is 33.7 Å². The smallest absolute Gasteiger partial charge is 0.220 e. The number of likely N-dealkylation sites (N-methyl/N-ethyl adjacent to an activating group) is 1. The molecule has 1 aliphatic rings. The first kappa shape index (κ1) is 19.9. The Kier molecular flexibility index (Phi) is 7.91. The second-order valence-corrected chi connectivity index (χ2v) is 7.65. The lowest BCUT2D eigenvalue weighted by Gasteiger charge is -2.29. The number of amides is 1. The molecule has 2 N–H and O–H groups in total. The number of piperidine rings is 1. The van der Waals surface area contributed by atoms with E-state index in [0.29, 0.717) is 24.8 Å². The largest absolute Gasteiger partial charge is 0.354 e. The van der Waals surface area contributed by atoms with Gasteiger partial charge in [-0.2, -0.15) is 0 Å². The monoisotopic (exact) mass is 345 g/mol. The minimum absolute atomic E-state index is 0.183. The Labute approximate surface area is 153 Å². The van der Waals surface area contributed by atoms with E-state index in [-0.39, 0.29) is 11.9 Å². The molecular weight excluding hydrogens is 310 g/mol. The van der Waals surface area contributed by atoms with Crippen LogP contribution in [0.3, 0.4) is 0 Å². The lowest BCUT2D eigenvalue weighted by molar-refractivity contribution is -0.122. The second-order valence-electron chi connectivity index (χ2n) is 7.65. The van der Waals surface area contributed by atoms with E-state index in [1.165, 1.54) is 24.0 Å². The molecule has 0 aliphatic carbocycles. The summed E-state index contributed by atoms with van der Waals surface area (Å²) in [4.78, 5) is 14.6. The number of aryl methyl sites for hydroxylation is 1. The van der Waals surface area contributed by atoms with Crippen molar-refractivity contribution in [1.29, 1.82) is 0 Å². The van der Waals surface area contributed by atoms with Crippen molar-refractivity contribution in [3.8, 4) is 0 Å². The summed E-state index contributed by atoms with van der Waals surface area (Å²) in [7, 11) is 4.14. The highest BCUT2D eigenvalue weighted by atomic mass is 16.1. The van der Waals surface area contributed by atoms with Crippen LogP contribution >= 0.6 is 0 Å². The van der Waals surface area contributed by atoms with Gasteiger partial charge in [0, 0.05) is 13.0 Å². The number of nitrogens with one attached hydrogen (secondary N) is 2. The molecule has 2 atom stereocenters. The average molecular weight is 346 g/mol.